The number of carbonyl (C=O) groups is 1. The molecule has 0 saturated carbocycles. The molecule has 0 radical (unpaired) electrons. The van der Waals surface area contributed by atoms with E-state index in [4.69, 9.17) is 10.8 Å². The number of carbonyl (C=O) groups excluding carboxylic acids is 1. The van der Waals surface area contributed by atoms with Crippen molar-refractivity contribution in [3.8, 4) is 0 Å². The van der Waals surface area contributed by atoms with Crippen molar-refractivity contribution < 1.29 is 9.90 Å². The summed E-state index contributed by atoms with van der Waals surface area (Å²) in [5.41, 5.74) is 9.12. The summed E-state index contributed by atoms with van der Waals surface area (Å²) < 4.78 is 0. The second-order valence-corrected chi connectivity index (χ2v) is 3.94. The number of nitrogen functional groups attached to an aromatic ring is 1. The zero-order valence-corrected chi connectivity index (χ0v) is 9.16. The molecule has 1 aliphatic rings. The van der Waals surface area contributed by atoms with E-state index >= 15 is 0 Å². The molecule has 4 N–H and O–H groups in total. The number of aliphatic hydroxyl groups excluding tert-OH is 1. The first kappa shape index (κ1) is 10.8. The topological polar surface area (TPSA) is 78.6 Å². The molecule has 0 aliphatic carbocycles. The summed E-state index contributed by atoms with van der Waals surface area (Å²) in [6.07, 6.45) is 0.392. The Morgan fingerprint density at radius 1 is 1.56 bits per heavy atom. The van der Waals surface area contributed by atoms with Crippen LogP contribution in [0.4, 0.5) is 17.1 Å². The van der Waals surface area contributed by atoms with Gasteiger partial charge in [-0.1, -0.05) is 0 Å². The van der Waals surface area contributed by atoms with Gasteiger partial charge < -0.3 is 21.1 Å². The van der Waals surface area contributed by atoms with Crippen molar-refractivity contribution in [1.82, 2.24) is 0 Å². The van der Waals surface area contributed by atoms with Crippen molar-refractivity contribution in [2.24, 2.45) is 0 Å². The van der Waals surface area contributed by atoms with Crippen LogP contribution >= 0.6 is 0 Å². The Labute approximate surface area is 93.9 Å². The number of nitrogens with one attached hydrogen (secondary N) is 1. The maximum atomic E-state index is 11.2. The zero-order chi connectivity index (χ0) is 11.7. The molecule has 1 aromatic rings. The number of likely N-dealkylation sites (N-methyl/N-ethyl adjacent to an activating group) is 1. The molecule has 0 bridgehead atoms. The molecule has 86 valence electrons. The molecule has 0 saturated heterocycles. The van der Waals surface area contributed by atoms with Gasteiger partial charge in [0, 0.05) is 19.3 Å². The fourth-order valence-electron chi connectivity index (χ4n) is 1.88. The normalized spacial score (nSPS) is 13.5. The highest BCUT2D eigenvalue weighted by atomic mass is 16.3. The molecule has 1 aliphatic heterocycles. The lowest BCUT2D eigenvalue weighted by atomic mass is 10.1. The first-order chi connectivity index (χ1) is 7.61. The monoisotopic (exact) mass is 221 g/mol. The van der Waals surface area contributed by atoms with Gasteiger partial charge in [-0.2, -0.15) is 0 Å². The van der Waals surface area contributed by atoms with Crippen LogP contribution in [0.2, 0.25) is 0 Å². The Kier molecular flexibility index (Phi) is 2.70. The number of nitrogens with two attached hydrogens (primary N) is 1. The largest absolute Gasteiger partial charge is 0.397 e. The van der Waals surface area contributed by atoms with Crippen LogP contribution in [0, 0.1) is 0 Å². The van der Waals surface area contributed by atoms with E-state index in [1.54, 1.807) is 0 Å². The second-order valence-electron chi connectivity index (χ2n) is 3.94. The number of aliphatic hydroxyl groups is 1. The Hall–Kier alpha value is -1.75. The molecule has 5 nitrogen and oxygen atoms in total. The number of amides is 1. The fourth-order valence-corrected chi connectivity index (χ4v) is 1.88. The molecule has 0 aromatic heterocycles. The Bertz CT molecular complexity index is 431. The molecule has 1 aromatic carbocycles. The third-order valence-electron chi connectivity index (χ3n) is 2.72. The van der Waals surface area contributed by atoms with Gasteiger partial charge in [0.1, 0.15) is 0 Å². The van der Waals surface area contributed by atoms with E-state index in [1.807, 2.05) is 24.1 Å². The van der Waals surface area contributed by atoms with E-state index in [9.17, 15) is 4.79 Å². The quantitative estimate of drug-likeness (QED) is 0.637. The van der Waals surface area contributed by atoms with Crippen LogP contribution in [-0.4, -0.2) is 31.2 Å². The number of anilines is 3. The van der Waals surface area contributed by atoms with Crippen LogP contribution in [0.15, 0.2) is 12.1 Å². The van der Waals surface area contributed by atoms with Crippen LogP contribution in [0.1, 0.15) is 5.56 Å². The number of nitrogens with zero attached hydrogens (tertiary/aromatic N) is 1. The summed E-state index contributed by atoms with van der Waals surface area (Å²) in [4.78, 5) is 13.1. The molecule has 0 unspecified atom stereocenters. The molecule has 1 amide bonds. The third kappa shape index (κ3) is 1.81. The van der Waals surface area contributed by atoms with Gasteiger partial charge in [0.05, 0.1) is 24.4 Å². The van der Waals surface area contributed by atoms with Crippen molar-refractivity contribution >= 4 is 23.0 Å². The lowest BCUT2D eigenvalue weighted by Crippen LogP contribution is -2.22. The van der Waals surface area contributed by atoms with Crippen molar-refractivity contribution in [2.75, 3.05) is 36.1 Å². The SMILES string of the molecule is CN(CCO)c1cc2c(cc1N)CC(=O)N2. The van der Waals surface area contributed by atoms with Crippen LogP contribution < -0.4 is 16.0 Å². The second kappa shape index (κ2) is 4.02. The van der Waals surface area contributed by atoms with Crippen LogP contribution in [0.25, 0.3) is 0 Å². The minimum atomic E-state index is -0.00337. The van der Waals surface area contributed by atoms with Crippen LogP contribution in [0.5, 0.6) is 0 Å². The van der Waals surface area contributed by atoms with E-state index in [1.165, 1.54) is 0 Å². The minimum Gasteiger partial charge on any atom is -0.397 e. The molecule has 16 heavy (non-hydrogen) atoms. The van der Waals surface area contributed by atoms with Gasteiger partial charge in [0.15, 0.2) is 0 Å². The number of hydrogen-bond donors (Lipinski definition) is 3. The van der Waals surface area contributed by atoms with Crippen LogP contribution in [-0.2, 0) is 11.2 Å². The Morgan fingerprint density at radius 2 is 2.31 bits per heavy atom. The highest BCUT2D eigenvalue weighted by Crippen LogP contribution is 2.32. The molecule has 0 spiro atoms. The average molecular weight is 221 g/mol. The van der Waals surface area contributed by atoms with E-state index in [0.717, 1.165) is 16.9 Å². The van der Waals surface area contributed by atoms with Gasteiger partial charge >= 0.3 is 0 Å². The molecule has 2 rings (SSSR count). The maximum absolute atomic E-state index is 11.2. The van der Waals surface area contributed by atoms with Crippen molar-refractivity contribution in [3.63, 3.8) is 0 Å². The molecular weight excluding hydrogens is 206 g/mol. The van der Waals surface area contributed by atoms with E-state index in [0.29, 0.717) is 18.7 Å². The van der Waals surface area contributed by atoms with Gasteiger partial charge in [0.25, 0.3) is 0 Å². The molecule has 0 fully saturated rings. The molecule has 0 atom stereocenters. The Morgan fingerprint density at radius 3 is 3.00 bits per heavy atom. The number of benzene rings is 1. The third-order valence-corrected chi connectivity index (χ3v) is 2.72. The highest BCUT2D eigenvalue weighted by Gasteiger charge is 2.20. The predicted octanol–water partition coefficient (Wildman–Crippen LogP) is 0.192. The average Bonchev–Trinajstić information content (AvgIpc) is 2.56. The first-order valence-electron chi connectivity index (χ1n) is 5.16. The van der Waals surface area contributed by atoms with Gasteiger partial charge in [0.2, 0.25) is 5.91 Å². The fraction of sp³-hybridized carbons (Fsp3) is 0.364. The molecule has 1 heterocycles. The summed E-state index contributed by atoms with van der Waals surface area (Å²) in [5.74, 6) is -0.00337. The summed E-state index contributed by atoms with van der Waals surface area (Å²) in [6, 6.07) is 3.67. The number of fused-ring (bicyclic) bond motifs is 1. The van der Waals surface area contributed by atoms with E-state index < -0.39 is 0 Å². The molecule has 5 heteroatoms. The van der Waals surface area contributed by atoms with Gasteiger partial charge in [-0.3, -0.25) is 4.79 Å². The van der Waals surface area contributed by atoms with E-state index in [-0.39, 0.29) is 12.5 Å². The molecular formula is C11H15N3O2. The minimum absolute atomic E-state index is 0.00337. The highest BCUT2D eigenvalue weighted by molar-refractivity contribution is 6.00. The Balaban J connectivity index is 2.34. The standard InChI is InChI=1S/C11H15N3O2/c1-14(2-3-15)10-6-9-7(4-8(10)12)5-11(16)13-9/h4,6,15H,2-3,5,12H2,1H3,(H,13,16). The summed E-state index contributed by atoms with van der Waals surface area (Å²) in [5, 5.41) is 11.7. The van der Waals surface area contributed by atoms with Crippen molar-refractivity contribution in [1.29, 1.82) is 0 Å². The van der Waals surface area contributed by atoms with Gasteiger partial charge in [-0.15, -0.1) is 0 Å². The lowest BCUT2D eigenvalue weighted by molar-refractivity contribution is -0.115. The van der Waals surface area contributed by atoms with Crippen molar-refractivity contribution in [3.05, 3.63) is 17.7 Å². The maximum Gasteiger partial charge on any atom is 0.228 e. The van der Waals surface area contributed by atoms with Crippen molar-refractivity contribution in [2.45, 2.75) is 6.42 Å². The van der Waals surface area contributed by atoms with Gasteiger partial charge in [-0.05, 0) is 17.7 Å². The lowest BCUT2D eigenvalue weighted by Gasteiger charge is -2.20. The number of rotatable bonds is 3. The van der Waals surface area contributed by atoms with Crippen LogP contribution in [0.3, 0.4) is 0 Å². The summed E-state index contributed by atoms with van der Waals surface area (Å²) in [7, 11) is 1.85. The zero-order valence-electron chi connectivity index (χ0n) is 9.16. The summed E-state index contributed by atoms with van der Waals surface area (Å²) in [6.45, 7) is 0.580. The summed E-state index contributed by atoms with van der Waals surface area (Å²) >= 11 is 0. The van der Waals surface area contributed by atoms with Gasteiger partial charge in [-0.25, -0.2) is 0 Å². The predicted molar refractivity (Wildman–Crippen MR) is 63.5 cm³/mol. The first-order valence-corrected chi connectivity index (χ1v) is 5.16. The van der Waals surface area contributed by atoms with E-state index in [2.05, 4.69) is 5.32 Å². The smallest absolute Gasteiger partial charge is 0.228 e. The number of hydrogen-bond acceptors (Lipinski definition) is 4.